The Balaban J connectivity index is 1.51. The van der Waals surface area contributed by atoms with Crippen LogP contribution < -0.4 is 9.47 Å². The number of nitro groups is 2. The van der Waals surface area contributed by atoms with Crippen molar-refractivity contribution in [1.82, 2.24) is 0 Å². The van der Waals surface area contributed by atoms with E-state index in [2.05, 4.69) is 0 Å². The zero-order chi connectivity index (χ0) is 29.3. The zero-order valence-electron chi connectivity index (χ0n) is 21.0. The van der Waals surface area contributed by atoms with E-state index in [-0.39, 0.29) is 36.1 Å². The second kappa shape index (κ2) is 16.4. The lowest BCUT2D eigenvalue weighted by atomic mass is 10.2. The molecule has 2 rings (SSSR count). The van der Waals surface area contributed by atoms with Crippen molar-refractivity contribution in [3.8, 4) is 11.5 Å². The van der Waals surface area contributed by atoms with Crippen molar-refractivity contribution in [2.24, 2.45) is 0 Å². The van der Waals surface area contributed by atoms with Crippen LogP contribution in [0, 0.1) is 20.2 Å². The van der Waals surface area contributed by atoms with Crippen LogP contribution in [0.5, 0.6) is 11.5 Å². The summed E-state index contributed by atoms with van der Waals surface area (Å²) in [5.41, 5.74) is -0.313. The van der Waals surface area contributed by atoms with Gasteiger partial charge in [0.15, 0.2) is 0 Å². The third-order valence-corrected chi connectivity index (χ3v) is 4.77. The lowest BCUT2D eigenvalue weighted by Gasteiger charge is -2.04. The Hall–Kier alpha value is -5.40. The minimum Gasteiger partial charge on any atom is -0.463 e. The monoisotopic (exact) mass is 556 g/mol. The number of unbranched alkanes of at least 4 members (excludes halogenated alkanes) is 3. The second-order valence-corrected chi connectivity index (χ2v) is 7.76. The molecule has 0 aliphatic rings. The summed E-state index contributed by atoms with van der Waals surface area (Å²) in [6, 6.07) is 9.71. The molecule has 40 heavy (non-hydrogen) atoms. The molecule has 0 saturated carbocycles. The number of carbonyl (C=O) groups is 4. The smallest absolute Gasteiger partial charge is 0.336 e. The Labute approximate surface area is 227 Å². The zero-order valence-corrected chi connectivity index (χ0v) is 21.0. The van der Waals surface area contributed by atoms with Crippen LogP contribution in [-0.2, 0) is 28.7 Å². The summed E-state index contributed by atoms with van der Waals surface area (Å²) in [6.07, 6.45) is 5.99. The molecule has 0 unspecified atom stereocenters. The van der Waals surface area contributed by atoms with Gasteiger partial charge in [-0.05, 0) is 49.9 Å². The van der Waals surface area contributed by atoms with Crippen molar-refractivity contribution in [3.05, 3.63) is 93.1 Å². The van der Waals surface area contributed by atoms with Gasteiger partial charge in [0.2, 0.25) is 0 Å². The highest BCUT2D eigenvalue weighted by Gasteiger charge is 2.08. The minimum absolute atomic E-state index is 0.0810. The van der Waals surface area contributed by atoms with Gasteiger partial charge in [-0.1, -0.05) is 0 Å². The Kier molecular flexibility index (Phi) is 12.7. The van der Waals surface area contributed by atoms with Gasteiger partial charge in [0.25, 0.3) is 11.4 Å². The maximum Gasteiger partial charge on any atom is 0.336 e. The molecule has 0 amide bonds. The summed E-state index contributed by atoms with van der Waals surface area (Å²) in [5, 5.41) is 21.2. The molecule has 0 aliphatic heterocycles. The number of hydrogen-bond acceptors (Lipinski definition) is 12. The van der Waals surface area contributed by atoms with E-state index in [0.717, 1.165) is 24.3 Å². The van der Waals surface area contributed by atoms with E-state index in [9.17, 15) is 39.4 Å². The van der Waals surface area contributed by atoms with Crippen LogP contribution in [0.4, 0.5) is 11.4 Å². The van der Waals surface area contributed by atoms with Gasteiger partial charge in [0, 0.05) is 48.6 Å². The normalized spacial score (nSPS) is 10.7. The molecule has 0 atom stereocenters. The van der Waals surface area contributed by atoms with Crippen LogP contribution in [0.2, 0.25) is 0 Å². The average Bonchev–Trinajstić information content (AvgIpc) is 2.92. The number of esters is 4. The first-order chi connectivity index (χ1) is 19.1. The number of benzene rings is 2. The minimum atomic E-state index is -0.850. The first-order valence-corrected chi connectivity index (χ1v) is 11.8. The number of carbonyl (C=O) groups excluding carboxylic acids is 4. The van der Waals surface area contributed by atoms with E-state index < -0.39 is 33.7 Å². The van der Waals surface area contributed by atoms with E-state index in [4.69, 9.17) is 18.9 Å². The molecule has 2 aromatic carbocycles. The highest BCUT2D eigenvalue weighted by molar-refractivity contribution is 5.93. The topological polar surface area (TPSA) is 191 Å². The van der Waals surface area contributed by atoms with Crippen LogP contribution in [0.3, 0.4) is 0 Å². The Bertz CT molecular complexity index is 1170. The molecule has 0 aliphatic carbocycles. The predicted octanol–water partition coefficient (Wildman–Crippen LogP) is 3.77. The highest BCUT2D eigenvalue weighted by atomic mass is 16.6. The first-order valence-electron chi connectivity index (χ1n) is 11.8. The Morgan fingerprint density at radius 2 is 0.875 bits per heavy atom. The number of nitro benzene ring substituents is 2. The van der Waals surface area contributed by atoms with E-state index in [0.29, 0.717) is 25.7 Å². The quantitative estimate of drug-likeness (QED) is 0.0771. The van der Waals surface area contributed by atoms with E-state index in [1.54, 1.807) is 0 Å². The van der Waals surface area contributed by atoms with Gasteiger partial charge < -0.3 is 18.9 Å². The SMILES string of the molecule is O=C(C=CC(=O)Oc1ccc([N+](=O)[O-])cc1)OCCCCCCOC(=O)C=CC(=O)Oc1ccc([N+](=O)[O-])cc1. The van der Waals surface area contributed by atoms with E-state index in [1.807, 2.05) is 0 Å². The lowest BCUT2D eigenvalue weighted by molar-refractivity contribution is -0.385. The van der Waals surface area contributed by atoms with Gasteiger partial charge >= 0.3 is 23.9 Å². The fourth-order valence-electron chi connectivity index (χ4n) is 2.84. The molecule has 0 spiro atoms. The van der Waals surface area contributed by atoms with Gasteiger partial charge in [-0.25, -0.2) is 19.2 Å². The maximum absolute atomic E-state index is 11.7. The molecule has 210 valence electrons. The Morgan fingerprint density at radius 1 is 0.550 bits per heavy atom. The number of rotatable bonds is 15. The second-order valence-electron chi connectivity index (χ2n) is 7.76. The van der Waals surface area contributed by atoms with Crippen molar-refractivity contribution >= 4 is 35.3 Å². The van der Waals surface area contributed by atoms with Gasteiger partial charge in [0.05, 0.1) is 23.1 Å². The van der Waals surface area contributed by atoms with Gasteiger partial charge in [-0.15, -0.1) is 0 Å². The van der Waals surface area contributed by atoms with Crippen molar-refractivity contribution < 1.29 is 48.0 Å². The fourth-order valence-corrected chi connectivity index (χ4v) is 2.84. The predicted molar refractivity (Wildman–Crippen MR) is 136 cm³/mol. The van der Waals surface area contributed by atoms with Crippen LogP contribution in [0.25, 0.3) is 0 Å². The van der Waals surface area contributed by atoms with Crippen molar-refractivity contribution in [3.63, 3.8) is 0 Å². The summed E-state index contributed by atoms with van der Waals surface area (Å²) < 4.78 is 19.8. The van der Waals surface area contributed by atoms with E-state index >= 15 is 0 Å². The van der Waals surface area contributed by atoms with Crippen LogP contribution in [-0.4, -0.2) is 46.9 Å². The summed E-state index contributed by atoms with van der Waals surface area (Å²) >= 11 is 0. The summed E-state index contributed by atoms with van der Waals surface area (Å²) in [7, 11) is 0. The lowest BCUT2D eigenvalue weighted by Crippen LogP contribution is -2.08. The third-order valence-electron chi connectivity index (χ3n) is 4.77. The first kappa shape index (κ1) is 30.8. The summed E-state index contributed by atoms with van der Waals surface area (Å²) in [4.78, 5) is 66.8. The van der Waals surface area contributed by atoms with Gasteiger partial charge in [-0.3, -0.25) is 20.2 Å². The molecule has 14 heteroatoms. The maximum atomic E-state index is 11.7. The van der Waals surface area contributed by atoms with Crippen LogP contribution in [0.1, 0.15) is 25.7 Å². The molecule has 0 bridgehead atoms. The largest absolute Gasteiger partial charge is 0.463 e. The molecular weight excluding hydrogens is 532 g/mol. The number of hydrogen-bond donors (Lipinski definition) is 0. The molecule has 2 aromatic rings. The number of non-ortho nitro benzene ring substituents is 2. The molecule has 0 fully saturated rings. The molecule has 0 heterocycles. The Morgan fingerprint density at radius 3 is 1.20 bits per heavy atom. The summed E-state index contributed by atoms with van der Waals surface area (Å²) in [6.45, 7) is 0.222. The average molecular weight is 556 g/mol. The molecule has 0 saturated heterocycles. The molecule has 0 N–H and O–H groups in total. The molecular formula is C26H24N2O12. The van der Waals surface area contributed by atoms with Crippen molar-refractivity contribution in [1.29, 1.82) is 0 Å². The van der Waals surface area contributed by atoms with Crippen molar-refractivity contribution in [2.45, 2.75) is 25.7 Å². The van der Waals surface area contributed by atoms with Crippen molar-refractivity contribution in [2.75, 3.05) is 13.2 Å². The van der Waals surface area contributed by atoms with Gasteiger partial charge in [-0.2, -0.15) is 0 Å². The third kappa shape index (κ3) is 12.2. The summed E-state index contributed by atoms with van der Waals surface area (Å²) in [5.74, 6) is -3.02. The van der Waals surface area contributed by atoms with Crippen LogP contribution in [0.15, 0.2) is 72.8 Å². The van der Waals surface area contributed by atoms with Crippen LogP contribution >= 0.6 is 0 Å². The standard InChI is InChI=1S/C26H24N2O12/c29-23(13-15-25(31)39-21-9-5-19(6-10-21)27(33)34)37-17-3-1-2-4-18-38-24(30)14-16-26(32)40-22-11-7-20(8-12-22)28(35)36/h5-16H,1-4,17-18H2. The molecule has 0 radical (unpaired) electrons. The molecule has 0 aromatic heterocycles. The highest BCUT2D eigenvalue weighted by Crippen LogP contribution is 2.18. The number of ether oxygens (including phenoxy) is 4. The molecule has 14 nitrogen and oxygen atoms in total. The number of nitrogens with zero attached hydrogens (tertiary/aromatic N) is 2. The van der Waals surface area contributed by atoms with E-state index in [1.165, 1.54) is 48.5 Å². The van der Waals surface area contributed by atoms with Gasteiger partial charge in [0.1, 0.15) is 11.5 Å². The fraction of sp³-hybridized carbons (Fsp3) is 0.231.